The van der Waals surface area contributed by atoms with Crippen LogP contribution in [0.15, 0.2) is 6.20 Å². The quantitative estimate of drug-likeness (QED) is 0.775. The molecule has 1 aromatic heterocycles. The maximum Gasteiger partial charge on any atom is 0.323 e. The minimum atomic E-state index is -0.0813. The minimum Gasteiger partial charge on any atom is -0.394 e. The van der Waals surface area contributed by atoms with E-state index in [4.69, 9.17) is 5.73 Å². The van der Waals surface area contributed by atoms with E-state index in [1.165, 1.54) is 19.0 Å². The highest BCUT2D eigenvalue weighted by Gasteiger charge is 2.17. The average molecular weight is 237 g/mol. The Morgan fingerprint density at radius 3 is 2.53 bits per heavy atom. The van der Waals surface area contributed by atoms with E-state index in [0.29, 0.717) is 11.5 Å². The molecular weight excluding hydrogens is 218 g/mol. The summed E-state index contributed by atoms with van der Waals surface area (Å²) >= 11 is 0. The van der Waals surface area contributed by atoms with E-state index in [0.717, 1.165) is 25.9 Å². The number of carbonyl (C=O) groups is 1. The first-order chi connectivity index (χ1) is 8.18. The third-order valence-electron chi connectivity index (χ3n) is 3.09. The Morgan fingerprint density at radius 2 is 2.00 bits per heavy atom. The molecule has 0 radical (unpaired) electrons. The number of anilines is 2. The van der Waals surface area contributed by atoms with Crippen molar-refractivity contribution in [1.29, 1.82) is 0 Å². The molecule has 2 rings (SSSR count). The van der Waals surface area contributed by atoms with Gasteiger partial charge >= 0.3 is 6.03 Å². The van der Waals surface area contributed by atoms with Gasteiger partial charge in [0.2, 0.25) is 0 Å². The average Bonchev–Trinajstić information content (AvgIpc) is 2.59. The van der Waals surface area contributed by atoms with Crippen molar-refractivity contribution in [3.63, 3.8) is 0 Å². The van der Waals surface area contributed by atoms with Gasteiger partial charge in [-0.2, -0.15) is 5.10 Å². The molecule has 0 aliphatic carbocycles. The Bertz CT molecular complexity index is 373. The number of amides is 2. The van der Waals surface area contributed by atoms with E-state index in [1.807, 2.05) is 4.90 Å². The number of aryl methyl sites for hydroxylation is 1. The lowest BCUT2D eigenvalue weighted by Crippen LogP contribution is -2.36. The molecule has 1 saturated heterocycles. The molecule has 94 valence electrons. The molecule has 0 bridgehead atoms. The van der Waals surface area contributed by atoms with Crippen molar-refractivity contribution in [2.75, 3.05) is 24.1 Å². The van der Waals surface area contributed by atoms with Gasteiger partial charge in [-0.3, -0.25) is 10.00 Å². The highest BCUT2D eigenvalue weighted by atomic mass is 16.2. The summed E-state index contributed by atoms with van der Waals surface area (Å²) in [6.45, 7) is 1.65. The number of carbonyl (C=O) groups excluding carboxylic acids is 1. The number of nitrogens with two attached hydrogens (primary N) is 1. The van der Waals surface area contributed by atoms with Crippen molar-refractivity contribution in [3.8, 4) is 0 Å². The number of hydrogen-bond acceptors (Lipinski definition) is 3. The fourth-order valence-electron chi connectivity index (χ4n) is 2.06. The van der Waals surface area contributed by atoms with Crippen molar-refractivity contribution in [2.24, 2.45) is 7.05 Å². The van der Waals surface area contributed by atoms with Crippen LogP contribution in [0.5, 0.6) is 0 Å². The van der Waals surface area contributed by atoms with Gasteiger partial charge in [-0.05, 0) is 12.8 Å². The van der Waals surface area contributed by atoms with Gasteiger partial charge in [-0.25, -0.2) is 4.79 Å². The van der Waals surface area contributed by atoms with Gasteiger partial charge < -0.3 is 10.6 Å². The van der Waals surface area contributed by atoms with E-state index in [-0.39, 0.29) is 6.03 Å². The maximum absolute atomic E-state index is 12.0. The van der Waals surface area contributed by atoms with Crippen LogP contribution in [0, 0.1) is 0 Å². The predicted octanol–water partition coefficient (Wildman–Crippen LogP) is 1.41. The molecule has 6 heteroatoms. The Kier molecular flexibility index (Phi) is 3.51. The van der Waals surface area contributed by atoms with Gasteiger partial charge in [0.25, 0.3) is 0 Å². The Labute approximate surface area is 101 Å². The summed E-state index contributed by atoms with van der Waals surface area (Å²) in [5.41, 5.74) is 6.23. The van der Waals surface area contributed by atoms with E-state index < -0.39 is 0 Å². The minimum absolute atomic E-state index is 0.0813. The molecule has 0 aromatic carbocycles. The zero-order valence-electron chi connectivity index (χ0n) is 10.1. The zero-order valence-corrected chi connectivity index (χ0v) is 10.1. The van der Waals surface area contributed by atoms with Gasteiger partial charge in [0.1, 0.15) is 0 Å². The van der Waals surface area contributed by atoms with Crippen LogP contribution in [0.1, 0.15) is 25.7 Å². The molecule has 1 aliphatic heterocycles. The number of nitrogens with one attached hydrogen (secondary N) is 1. The van der Waals surface area contributed by atoms with E-state index in [1.54, 1.807) is 11.7 Å². The molecular formula is C11H19N5O. The van der Waals surface area contributed by atoms with Crippen LogP contribution in [0.2, 0.25) is 0 Å². The fraction of sp³-hybridized carbons (Fsp3) is 0.636. The lowest BCUT2D eigenvalue weighted by Gasteiger charge is -2.20. The van der Waals surface area contributed by atoms with E-state index in [2.05, 4.69) is 10.4 Å². The highest BCUT2D eigenvalue weighted by Crippen LogP contribution is 2.17. The summed E-state index contributed by atoms with van der Waals surface area (Å²) < 4.78 is 1.57. The summed E-state index contributed by atoms with van der Waals surface area (Å²) in [6, 6.07) is -0.0813. The first-order valence-corrected chi connectivity index (χ1v) is 6.02. The molecule has 1 aromatic rings. The third-order valence-corrected chi connectivity index (χ3v) is 3.09. The summed E-state index contributed by atoms with van der Waals surface area (Å²) in [7, 11) is 1.76. The van der Waals surface area contributed by atoms with E-state index in [9.17, 15) is 4.79 Å². The summed E-state index contributed by atoms with van der Waals surface area (Å²) in [5, 5.41) is 6.81. The topological polar surface area (TPSA) is 76.2 Å². The summed E-state index contributed by atoms with van der Waals surface area (Å²) in [6.07, 6.45) is 6.11. The largest absolute Gasteiger partial charge is 0.394 e. The molecule has 2 amide bonds. The smallest absolute Gasteiger partial charge is 0.323 e. The molecule has 0 atom stereocenters. The Balaban J connectivity index is 2.00. The van der Waals surface area contributed by atoms with Crippen molar-refractivity contribution in [1.82, 2.24) is 14.7 Å². The van der Waals surface area contributed by atoms with Crippen molar-refractivity contribution < 1.29 is 4.79 Å². The van der Waals surface area contributed by atoms with Crippen molar-refractivity contribution >= 4 is 17.5 Å². The van der Waals surface area contributed by atoms with Crippen LogP contribution in [-0.2, 0) is 7.05 Å². The van der Waals surface area contributed by atoms with Crippen LogP contribution >= 0.6 is 0 Å². The second-order valence-electron chi connectivity index (χ2n) is 4.40. The summed E-state index contributed by atoms with van der Waals surface area (Å²) in [4.78, 5) is 13.9. The van der Waals surface area contributed by atoms with Gasteiger partial charge in [-0.1, -0.05) is 12.8 Å². The third kappa shape index (κ3) is 2.69. The van der Waals surface area contributed by atoms with E-state index >= 15 is 0 Å². The molecule has 0 unspecified atom stereocenters. The number of nitrogen functional groups attached to an aromatic ring is 1. The lowest BCUT2D eigenvalue weighted by atomic mass is 10.2. The van der Waals surface area contributed by atoms with Crippen LogP contribution in [-0.4, -0.2) is 33.8 Å². The highest BCUT2D eigenvalue weighted by molar-refractivity contribution is 5.91. The first kappa shape index (κ1) is 11.8. The zero-order chi connectivity index (χ0) is 12.3. The molecule has 6 nitrogen and oxygen atoms in total. The number of nitrogens with zero attached hydrogens (tertiary/aromatic N) is 3. The molecule has 17 heavy (non-hydrogen) atoms. The lowest BCUT2D eigenvalue weighted by molar-refractivity contribution is 0.213. The van der Waals surface area contributed by atoms with Gasteiger partial charge in [-0.15, -0.1) is 0 Å². The monoisotopic (exact) mass is 237 g/mol. The standard InChI is InChI=1S/C11H19N5O/c1-15-10(9(12)8-13-15)14-11(17)16-6-4-2-3-5-7-16/h8H,2-7,12H2,1H3,(H,14,17). The fourth-order valence-corrected chi connectivity index (χ4v) is 2.06. The number of hydrogen-bond donors (Lipinski definition) is 2. The molecule has 2 heterocycles. The Morgan fingerprint density at radius 1 is 1.35 bits per heavy atom. The van der Waals surface area contributed by atoms with Gasteiger partial charge in [0.05, 0.1) is 11.9 Å². The van der Waals surface area contributed by atoms with Crippen molar-refractivity contribution in [2.45, 2.75) is 25.7 Å². The molecule has 0 spiro atoms. The maximum atomic E-state index is 12.0. The predicted molar refractivity (Wildman–Crippen MR) is 66.7 cm³/mol. The van der Waals surface area contributed by atoms with Crippen LogP contribution in [0.4, 0.5) is 16.3 Å². The van der Waals surface area contributed by atoms with Crippen LogP contribution in [0.25, 0.3) is 0 Å². The van der Waals surface area contributed by atoms with Crippen LogP contribution < -0.4 is 11.1 Å². The second kappa shape index (κ2) is 5.07. The van der Waals surface area contributed by atoms with Crippen molar-refractivity contribution in [3.05, 3.63) is 6.20 Å². The molecule has 0 saturated carbocycles. The second-order valence-corrected chi connectivity index (χ2v) is 4.40. The summed E-state index contributed by atoms with van der Waals surface area (Å²) in [5.74, 6) is 0.569. The number of rotatable bonds is 1. The number of aromatic nitrogens is 2. The molecule has 1 fully saturated rings. The molecule has 3 N–H and O–H groups in total. The number of urea groups is 1. The normalized spacial score (nSPS) is 16.6. The van der Waals surface area contributed by atoms with Gasteiger partial charge in [0, 0.05) is 20.1 Å². The Hall–Kier alpha value is -1.72. The van der Waals surface area contributed by atoms with Crippen LogP contribution in [0.3, 0.4) is 0 Å². The number of likely N-dealkylation sites (tertiary alicyclic amines) is 1. The SMILES string of the molecule is Cn1ncc(N)c1NC(=O)N1CCCCCC1. The van der Waals surface area contributed by atoms with Gasteiger partial charge in [0.15, 0.2) is 5.82 Å². The first-order valence-electron chi connectivity index (χ1n) is 6.02. The molecule has 1 aliphatic rings.